The number of benzene rings is 1. The lowest BCUT2D eigenvalue weighted by Gasteiger charge is -2.09. The number of nitrogens with two attached hydrogens (primary N) is 1. The zero-order chi connectivity index (χ0) is 13.7. The van der Waals surface area contributed by atoms with E-state index in [0.29, 0.717) is 6.61 Å². The van der Waals surface area contributed by atoms with Crippen LogP contribution in [0.25, 0.3) is 0 Å². The molecule has 0 aliphatic rings. The molecular weight excluding hydrogens is 258 g/mol. The zero-order valence-electron chi connectivity index (χ0n) is 11.3. The van der Waals surface area contributed by atoms with Crippen LogP contribution in [-0.2, 0) is 12.3 Å². The molecular formula is C14H19N3OS. The minimum atomic E-state index is 0.661. The van der Waals surface area contributed by atoms with E-state index in [2.05, 4.69) is 16.5 Å². The highest BCUT2D eigenvalue weighted by Gasteiger charge is 2.06. The van der Waals surface area contributed by atoms with Gasteiger partial charge in [-0.2, -0.15) is 0 Å². The van der Waals surface area contributed by atoms with E-state index in [4.69, 9.17) is 10.5 Å². The van der Waals surface area contributed by atoms with Crippen molar-refractivity contribution >= 4 is 17.4 Å². The summed E-state index contributed by atoms with van der Waals surface area (Å²) in [5.41, 5.74) is 6.77. The molecule has 1 aromatic heterocycles. The quantitative estimate of drug-likeness (QED) is 0.651. The van der Waals surface area contributed by atoms with Gasteiger partial charge in [0.1, 0.15) is 11.6 Å². The molecule has 4 nitrogen and oxygen atoms in total. The van der Waals surface area contributed by atoms with E-state index in [9.17, 15) is 0 Å². The Bertz CT molecular complexity index is 539. The topological polar surface area (TPSA) is 53.1 Å². The Kier molecular flexibility index (Phi) is 4.74. The van der Waals surface area contributed by atoms with Crippen LogP contribution in [0.5, 0.6) is 5.75 Å². The number of thioether (sulfide) groups is 1. The number of rotatable bonds is 6. The summed E-state index contributed by atoms with van der Waals surface area (Å²) in [6.45, 7) is 5.68. The monoisotopic (exact) mass is 277 g/mol. The molecule has 1 aromatic carbocycles. The molecule has 0 amide bonds. The summed E-state index contributed by atoms with van der Waals surface area (Å²) in [5, 5.41) is 0. The lowest BCUT2D eigenvalue weighted by Crippen LogP contribution is -1.99. The minimum absolute atomic E-state index is 0.661. The molecule has 2 aromatic rings. The summed E-state index contributed by atoms with van der Waals surface area (Å²) in [5.74, 6) is 2.73. The molecule has 0 spiro atoms. The second kappa shape index (κ2) is 6.52. The van der Waals surface area contributed by atoms with Crippen LogP contribution in [-0.4, -0.2) is 16.2 Å². The van der Waals surface area contributed by atoms with E-state index in [-0.39, 0.29) is 0 Å². The van der Waals surface area contributed by atoms with Crippen LogP contribution in [0.15, 0.2) is 35.5 Å². The largest absolute Gasteiger partial charge is 0.494 e. The predicted octanol–water partition coefficient (Wildman–Crippen LogP) is 3.18. The number of imidazole rings is 1. The van der Waals surface area contributed by atoms with Crippen molar-refractivity contribution in [2.45, 2.75) is 31.0 Å². The maximum absolute atomic E-state index is 5.99. The van der Waals surface area contributed by atoms with Gasteiger partial charge in [0.15, 0.2) is 0 Å². The fourth-order valence-electron chi connectivity index (χ4n) is 1.81. The summed E-state index contributed by atoms with van der Waals surface area (Å²) >= 11 is 1.69. The number of aromatic nitrogens is 2. The number of nitrogen functional groups attached to an aromatic ring is 1. The summed E-state index contributed by atoms with van der Waals surface area (Å²) in [4.78, 5) is 5.40. The highest BCUT2D eigenvalue weighted by atomic mass is 32.2. The third kappa shape index (κ3) is 3.44. The average molecular weight is 277 g/mol. The lowest BCUT2D eigenvalue weighted by atomic mass is 10.3. The van der Waals surface area contributed by atoms with E-state index >= 15 is 0 Å². The number of hydrogen-bond donors (Lipinski definition) is 1. The van der Waals surface area contributed by atoms with Crippen molar-refractivity contribution < 1.29 is 4.74 Å². The molecule has 2 N–H and O–H groups in total. The van der Waals surface area contributed by atoms with Crippen LogP contribution < -0.4 is 10.5 Å². The summed E-state index contributed by atoms with van der Waals surface area (Å²) in [6.07, 6.45) is 3.83. The third-order valence-electron chi connectivity index (χ3n) is 2.80. The number of nitrogens with zero attached hydrogens (tertiary/aromatic N) is 2. The van der Waals surface area contributed by atoms with Crippen molar-refractivity contribution in [2.75, 3.05) is 12.3 Å². The fraction of sp³-hybridized carbons (Fsp3) is 0.357. The van der Waals surface area contributed by atoms with Crippen LogP contribution in [0.2, 0.25) is 0 Å². The first kappa shape index (κ1) is 13.8. The van der Waals surface area contributed by atoms with Gasteiger partial charge in [0, 0.05) is 29.5 Å². The van der Waals surface area contributed by atoms with Crippen molar-refractivity contribution in [3.63, 3.8) is 0 Å². The van der Waals surface area contributed by atoms with Crippen LogP contribution in [0.1, 0.15) is 19.7 Å². The van der Waals surface area contributed by atoms with Gasteiger partial charge in [-0.15, -0.1) is 11.8 Å². The summed E-state index contributed by atoms with van der Waals surface area (Å²) < 4.78 is 7.63. The highest BCUT2D eigenvalue weighted by Crippen LogP contribution is 2.31. The van der Waals surface area contributed by atoms with Crippen molar-refractivity contribution in [3.8, 4) is 5.75 Å². The SMILES string of the molecule is CCOc1ccc(N)c(SCc2nccn2CC)c1. The van der Waals surface area contributed by atoms with E-state index in [1.807, 2.05) is 37.5 Å². The Morgan fingerprint density at radius 3 is 2.95 bits per heavy atom. The molecule has 0 saturated carbocycles. The van der Waals surface area contributed by atoms with Crippen molar-refractivity contribution in [3.05, 3.63) is 36.4 Å². The van der Waals surface area contributed by atoms with E-state index in [0.717, 1.165) is 34.5 Å². The van der Waals surface area contributed by atoms with Gasteiger partial charge in [-0.3, -0.25) is 0 Å². The Labute approximate surface area is 118 Å². The average Bonchev–Trinajstić information content (AvgIpc) is 2.87. The normalized spacial score (nSPS) is 10.6. The summed E-state index contributed by atoms with van der Waals surface area (Å²) in [7, 11) is 0. The van der Waals surface area contributed by atoms with Gasteiger partial charge in [0.25, 0.3) is 0 Å². The van der Waals surface area contributed by atoms with Gasteiger partial charge in [-0.1, -0.05) is 0 Å². The minimum Gasteiger partial charge on any atom is -0.494 e. The first-order valence-corrected chi connectivity index (χ1v) is 7.38. The fourth-order valence-corrected chi connectivity index (χ4v) is 2.77. The molecule has 0 aliphatic heterocycles. The molecule has 0 saturated heterocycles. The maximum Gasteiger partial charge on any atom is 0.120 e. The molecule has 0 bridgehead atoms. The van der Waals surface area contributed by atoms with E-state index < -0.39 is 0 Å². The lowest BCUT2D eigenvalue weighted by molar-refractivity contribution is 0.339. The molecule has 0 fully saturated rings. The molecule has 1 heterocycles. The first-order valence-electron chi connectivity index (χ1n) is 6.39. The smallest absolute Gasteiger partial charge is 0.120 e. The zero-order valence-corrected chi connectivity index (χ0v) is 12.1. The predicted molar refractivity (Wildman–Crippen MR) is 79.5 cm³/mol. The number of anilines is 1. The van der Waals surface area contributed by atoms with Gasteiger partial charge in [0.05, 0.1) is 12.4 Å². The number of hydrogen-bond acceptors (Lipinski definition) is 4. The van der Waals surface area contributed by atoms with E-state index in [1.165, 1.54) is 0 Å². The molecule has 0 radical (unpaired) electrons. The van der Waals surface area contributed by atoms with Crippen molar-refractivity contribution in [1.82, 2.24) is 9.55 Å². The van der Waals surface area contributed by atoms with Gasteiger partial charge in [0.2, 0.25) is 0 Å². The molecule has 19 heavy (non-hydrogen) atoms. The van der Waals surface area contributed by atoms with Gasteiger partial charge in [-0.05, 0) is 32.0 Å². The van der Waals surface area contributed by atoms with Crippen LogP contribution >= 0.6 is 11.8 Å². The third-order valence-corrected chi connectivity index (χ3v) is 3.86. The van der Waals surface area contributed by atoms with Crippen molar-refractivity contribution in [1.29, 1.82) is 0 Å². The molecule has 102 valence electrons. The summed E-state index contributed by atoms with van der Waals surface area (Å²) in [6, 6.07) is 5.78. The maximum atomic E-state index is 5.99. The highest BCUT2D eigenvalue weighted by molar-refractivity contribution is 7.98. The molecule has 5 heteroatoms. The first-order chi connectivity index (χ1) is 9.24. The Hall–Kier alpha value is -1.62. The van der Waals surface area contributed by atoms with Crippen molar-refractivity contribution in [2.24, 2.45) is 0 Å². The molecule has 0 aliphatic carbocycles. The Balaban J connectivity index is 2.08. The Morgan fingerprint density at radius 2 is 2.21 bits per heavy atom. The Morgan fingerprint density at radius 1 is 1.37 bits per heavy atom. The standard InChI is InChI=1S/C14H19N3OS/c1-3-17-8-7-16-14(17)10-19-13-9-11(18-4-2)5-6-12(13)15/h5-9H,3-4,10,15H2,1-2H3. The molecule has 0 unspecified atom stereocenters. The van der Waals surface area contributed by atoms with Gasteiger partial charge < -0.3 is 15.0 Å². The number of ether oxygens (including phenoxy) is 1. The molecule has 2 rings (SSSR count). The van der Waals surface area contributed by atoms with Crippen LogP contribution in [0, 0.1) is 0 Å². The van der Waals surface area contributed by atoms with Crippen LogP contribution in [0.4, 0.5) is 5.69 Å². The second-order valence-electron chi connectivity index (χ2n) is 4.05. The molecule has 0 atom stereocenters. The van der Waals surface area contributed by atoms with Gasteiger partial charge in [-0.25, -0.2) is 4.98 Å². The van der Waals surface area contributed by atoms with Gasteiger partial charge >= 0.3 is 0 Å². The number of aryl methyl sites for hydroxylation is 1. The van der Waals surface area contributed by atoms with E-state index in [1.54, 1.807) is 11.8 Å². The second-order valence-corrected chi connectivity index (χ2v) is 5.07. The van der Waals surface area contributed by atoms with Crippen LogP contribution in [0.3, 0.4) is 0 Å².